The lowest BCUT2D eigenvalue weighted by Gasteiger charge is -2.13. The fourth-order valence-corrected chi connectivity index (χ4v) is 3.83. The molecule has 3 nitrogen and oxygen atoms in total. The van der Waals surface area contributed by atoms with Gasteiger partial charge in [0.05, 0.1) is 12.1 Å². The molecule has 0 saturated carbocycles. The summed E-state index contributed by atoms with van der Waals surface area (Å²) in [7, 11) is 0. The zero-order valence-electron chi connectivity index (χ0n) is 14.1. The molecular formula is C20H19BrN2OS. The van der Waals surface area contributed by atoms with Crippen molar-refractivity contribution in [2.75, 3.05) is 5.32 Å². The molecular weight excluding hydrogens is 396 g/mol. The van der Waals surface area contributed by atoms with E-state index in [4.69, 9.17) is 0 Å². The van der Waals surface area contributed by atoms with Crippen molar-refractivity contribution < 1.29 is 4.79 Å². The summed E-state index contributed by atoms with van der Waals surface area (Å²) in [5.41, 5.74) is 3.87. The van der Waals surface area contributed by atoms with Gasteiger partial charge in [-0.1, -0.05) is 60.1 Å². The third kappa shape index (κ3) is 4.55. The number of nitrogens with zero attached hydrogens (tertiary/aromatic N) is 1. The number of thiazole rings is 1. The van der Waals surface area contributed by atoms with E-state index < -0.39 is 0 Å². The summed E-state index contributed by atoms with van der Waals surface area (Å²) in [6.45, 7) is 4.24. The minimum absolute atomic E-state index is 0.0424. The predicted molar refractivity (Wildman–Crippen MR) is 108 cm³/mol. The maximum absolute atomic E-state index is 12.4. The van der Waals surface area contributed by atoms with Crippen molar-refractivity contribution in [3.63, 3.8) is 0 Å². The molecule has 0 unspecified atom stereocenters. The van der Waals surface area contributed by atoms with E-state index in [-0.39, 0.29) is 12.3 Å². The van der Waals surface area contributed by atoms with Gasteiger partial charge in [-0.25, -0.2) is 4.98 Å². The number of hydrogen-bond acceptors (Lipinski definition) is 3. The van der Waals surface area contributed by atoms with Gasteiger partial charge in [0.15, 0.2) is 0 Å². The largest absolute Gasteiger partial charge is 0.325 e. The van der Waals surface area contributed by atoms with E-state index >= 15 is 0 Å². The van der Waals surface area contributed by atoms with Crippen molar-refractivity contribution in [1.82, 2.24) is 4.98 Å². The van der Waals surface area contributed by atoms with Gasteiger partial charge in [0.25, 0.3) is 0 Å². The van der Waals surface area contributed by atoms with Crippen LogP contribution in [-0.4, -0.2) is 10.9 Å². The summed E-state index contributed by atoms with van der Waals surface area (Å²) in [4.78, 5) is 17.0. The maximum atomic E-state index is 12.4. The summed E-state index contributed by atoms with van der Waals surface area (Å²) >= 11 is 5.03. The molecule has 0 aliphatic heterocycles. The minimum atomic E-state index is -0.0424. The third-order valence-electron chi connectivity index (χ3n) is 3.82. The van der Waals surface area contributed by atoms with Gasteiger partial charge >= 0.3 is 0 Å². The Morgan fingerprint density at radius 2 is 2.00 bits per heavy atom. The molecule has 0 saturated heterocycles. The fourth-order valence-electron chi connectivity index (χ4n) is 2.62. The van der Waals surface area contributed by atoms with Crippen LogP contribution in [0.4, 0.5) is 5.69 Å². The van der Waals surface area contributed by atoms with Crippen molar-refractivity contribution in [2.45, 2.75) is 26.2 Å². The van der Waals surface area contributed by atoms with Crippen LogP contribution in [0, 0.1) is 0 Å². The van der Waals surface area contributed by atoms with Crippen LogP contribution in [0.2, 0.25) is 0 Å². The molecule has 1 N–H and O–H groups in total. The third-order valence-corrected chi connectivity index (χ3v) is 5.26. The number of rotatable bonds is 5. The van der Waals surface area contributed by atoms with Gasteiger partial charge in [-0.2, -0.15) is 0 Å². The highest BCUT2D eigenvalue weighted by Gasteiger charge is 2.12. The van der Waals surface area contributed by atoms with E-state index in [9.17, 15) is 4.79 Å². The van der Waals surface area contributed by atoms with E-state index in [1.165, 1.54) is 0 Å². The van der Waals surface area contributed by atoms with Crippen LogP contribution in [0.1, 0.15) is 31.0 Å². The van der Waals surface area contributed by atoms with Crippen molar-refractivity contribution >= 4 is 38.9 Å². The topological polar surface area (TPSA) is 42.0 Å². The van der Waals surface area contributed by atoms with Crippen LogP contribution in [0.3, 0.4) is 0 Å². The Kier molecular flexibility index (Phi) is 5.66. The molecule has 0 fully saturated rings. The van der Waals surface area contributed by atoms with Crippen molar-refractivity contribution in [3.8, 4) is 10.6 Å². The van der Waals surface area contributed by atoms with Crippen molar-refractivity contribution in [2.24, 2.45) is 0 Å². The Morgan fingerprint density at radius 1 is 1.20 bits per heavy atom. The van der Waals surface area contributed by atoms with Gasteiger partial charge in [-0.3, -0.25) is 4.79 Å². The molecule has 0 spiro atoms. The first kappa shape index (κ1) is 17.8. The standard InChI is InChI=1S/C20H19BrN2OS/c1-13(2)17-8-3-4-9-18(17)23-19(24)11-16-12-25-20(22-16)14-6-5-7-15(21)10-14/h3-10,12-13H,11H2,1-2H3,(H,23,24). The second-order valence-electron chi connectivity index (χ2n) is 6.12. The smallest absolute Gasteiger partial charge is 0.230 e. The first-order chi connectivity index (χ1) is 12.0. The molecule has 2 aromatic carbocycles. The number of aromatic nitrogens is 1. The van der Waals surface area contributed by atoms with E-state index in [0.717, 1.165) is 32.0 Å². The van der Waals surface area contributed by atoms with Gasteiger partial charge < -0.3 is 5.32 Å². The molecule has 1 heterocycles. The zero-order valence-corrected chi connectivity index (χ0v) is 16.5. The lowest BCUT2D eigenvalue weighted by Crippen LogP contribution is -2.16. The fraction of sp³-hybridized carbons (Fsp3) is 0.200. The Balaban J connectivity index is 1.70. The number of carbonyl (C=O) groups is 1. The lowest BCUT2D eigenvalue weighted by atomic mass is 10.0. The van der Waals surface area contributed by atoms with E-state index in [0.29, 0.717) is 5.92 Å². The van der Waals surface area contributed by atoms with Crippen LogP contribution in [-0.2, 0) is 11.2 Å². The van der Waals surface area contributed by atoms with Gasteiger partial charge in [0, 0.05) is 21.1 Å². The molecule has 3 rings (SSSR count). The monoisotopic (exact) mass is 414 g/mol. The molecule has 0 bridgehead atoms. The highest BCUT2D eigenvalue weighted by Crippen LogP contribution is 2.27. The highest BCUT2D eigenvalue weighted by atomic mass is 79.9. The van der Waals surface area contributed by atoms with Crippen LogP contribution >= 0.6 is 27.3 Å². The number of para-hydroxylation sites is 1. The summed E-state index contributed by atoms with van der Waals surface area (Å²) in [6.07, 6.45) is 0.275. The van der Waals surface area contributed by atoms with Gasteiger partial charge in [0.2, 0.25) is 5.91 Å². The van der Waals surface area contributed by atoms with Crippen molar-refractivity contribution in [1.29, 1.82) is 0 Å². The van der Waals surface area contributed by atoms with E-state index in [1.54, 1.807) is 11.3 Å². The number of carbonyl (C=O) groups excluding carboxylic acids is 1. The Bertz CT molecular complexity index is 889. The molecule has 128 valence electrons. The number of halogens is 1. The van der Waals surface area contributed by atoms with Crippen LogP contribution in [0.5, 0.6) is 0 Å². The summed E-state index contributed by atoms with van der Waals surface area (Å²) in [5, 5.41) is 5.89. The molecule has 0 aliphatic rings. The average Bonchev–Trinajstić information content (AvgIpc) is 3.03. The average molecular weight is 415 g/mol. The Labute approximate surface area is 160 Å². The van der Waals surface area contributed by atoms with Crippen LogP contribution in [0.25, 0.3) is 10.6 Å². The Morgan fingerprint density at radius 3 is 2.76 bits per heavy atom. The lowest BCUT2D eigenvalue weighted by molar-refractivity contribution is -0.115. The molecule has 0 aliphatic carbocycles. The molecule has 3 aromatic rings. The normalized spacial score (nSPS) is 10.9. The van der Waals surface area contributed by atoms with E-state index in [2.05, 4.69) is 46.1 Å². The first-order valence-electron chi connectivity index (χ1n) is 8.12. The van der Waals surface area contributed by atoms with Crippen molar-refractivity contribution in [3.05, 3.63) is 69.6 Å². The molecule has 0 radical (unpaired) electrons. The van der Waals surface area contributed by atoms with Crippen LogP contribution < -0.4 is 5.32 Å². The van der Waals surface area contributed by atoms with Gasteiger partial charge in [-0.15, -0.1) is 11.3 Å². The minimum Gasteiger partial charge on any atom is -0.325 e. The quantitative estimate of drug-likeness (QED) is 0.566. The zero-order chi connectivity index (χ0) is 17.8. The second kappa shape index (κ2) is 7.93. The first-order valence-corrected chi connectivity index (χ1v) is 9.79. The molecule has 1 amide bonds. The summed E-state index contributed by atoms with van der Waals surface area (Å²) in [5.74, 6) is 0.318. The highest BCUT2D eigenvalue weighted by molar-refractivity contribution is 9.10. The summed E-state index contributed by atoms with van der Waals surface area (Å²) in [6, 6.07) is 15.9. The number of anilines is 1. The number of hydrogen-bond donors (Lipinski definition) is 1. The SMILES string of the molecule is CC(C)c1ccccc1NC(=O)Cc1csc(-c2cccc(Br)c2)n1. The second-order valence-corrected chi connectivity index (χ2v) is 7.90. The molecule has 0 atom stereocenters. The number of benzene rings is 2. The Hall–Kier alpha value is -1.98. The maximum Gasteiger partial charge on any atom is 0.230 e. The summed E-state index contributed by atoms with van der Waals surface area (Å²) < 4.78 is 1.02. The van der Waals surface area contributed by atoms with Gasteiger partial charge in [-0.05, 0) is 29.7 Å². The number of nitrogens with one attached hydrogen (secondary N) is 1. The number of amides is 1. The van der Waals surface area contributed by atoms with Gasteiger partial charge in [0.1, 0.15) is 5.01 Å². The van der Waals surface area contributed by atoms with Crippen LogP contribution in [0.15, 0.2) is 58.4 Å². The molecule has 1 aromatic heterocycles. The molecule has 5 heteroatoms. The predicted octanol–water partition coefficient (Wildman–Crippen LogP) is 5.88. The van der Waals surface area contributed by atoms with E-state index in [1.807, 2.05) is 47.8 Å². The molecule has 25 heavy (non-hydrogen) atoms.